The molecule has 35 heavy (non-hydrogen) atoms. The maximum Gasteiger partial charge on any atom is 0.345 e. The number of carbonyl (C=O) groups is 2. The molecular formula is C28H36Cl2N2O3. The predicted octanol–water partition coefficient (Wildman–Crippen LogP) is 8.36. The van der Waals surface area contributed by atoms with Crippen molar-refractivity contribution in [3.63, 3.8) is 0 Å². The second kappa shape index (κ2) is 17.1. The zero-order valence-corrected chi connectivity index (χ0v) is 22.0. The van der Waals surface area contributed by atoms with Crippen molar-refractivity contribution in [2.75, 3.05) is 0 Å². The summed E-state index contributed by atoms with van der Waals surface area (Å²) in [5.74, 6) is -0.338. The average molecular weight is 520 g/mol. The molecule has 0 aliphatic heterocycles. The van der Waals surface area contributed by atoms with Crippen molar-refractivity contribution in [1.82, 2.24) is 5.43 Å². The lowest BCUT2D eigenvalue weighted by Gasteiger charge is -2.07. The fourth-order valence-corrected chi connectivity index (χ4v) is 4.15. The van der Waals surface area contributed by atoms with Crippen LogP contribution in [0.5, 0.6) is 5.75 Å². The Morgan fingerprint density at radius 2 is 1.54 bits per heavy atom. The third kappa shape index (κ3) is 12.2. The lowest BCUT2D eigenvalue weighted by Crippen LogP contribution is -2.16. The number of hydrogen-bond acceptors (Lipinski definition) is 4. The molecule has 2 aromatic carbocycles. The Balaban J connectivity index is 1.63. The lowest BCUT2D eigenvalue weighted by molar-refractivity contribution is -0.121. The fourth-order valence-electron chi connectivity index (χ4n) is 3.66. The van der Waals surface area contributed by atoms with Gasteiger partial charge in [0.2, 0.25) is 5.91 Å². The molecule has 2 aromatic rings. The minimum atomic E-state index is -0.582. The third-order valence-electron chi connectivity index (χ3n) is 5.63. The van der Waals surface area contributed by atoms with Crippen molar-refractivity contribution in [1.29, 1.82) is 0 Å². The van der Waals surface area contributed by atoms with Crippen LogP contribution in [0.4, 0.5) is 0 Å². The van der Waals surface area contributed by atoms with Crippen LogP contribution in [0.1, 0.15) is 99.9 Å². The summed E-state index contributed by atoms with van der Waals surface area (Å²) in [5.41, 5.74) is 3.47. The Morgan fingerprint density at radius 3 is 2.20 bits per heavy atom. The van der Waals surface area contributed by atoms with Crippen LogP contribution in [-0.4, -0.2) is 18.1 Å². The highest BCUT2D eigenvalue weighted by atomic mass is 35.5. The first-order valence-corrected chi connectivity index (χ1v) is 13.3. The number of hydrogen-bond donors (Lipinski definition) is 1. The Labute approximate surface area is 219 Å². The first-order chi connectivity index (χ1) is 17.0. The number of hydrazone groups is 1. The number of amides is 1. The maximum absolute atomic E-state index is 12.4. The Kier molecular flexibility index (Phi) is 14.1. The van der Waals surface area contributed by atoms with Gasteiger partial charge >= 0.3 is 5.97 Å². The zero-order chi connectivity index (χ0) is 25.3. The van der Waals surface area contributed by atoms with Crippen molar-refractivity contribution in [2.24, 2.45) is 5.10 Å². The summed E-state index contributed by atoms with van der Waals surface area (Å²) in [7, 11) is 0. The summed E-state index contributed by atoms with van der Waals surface area (Å²) in [6, 6.07) is 11.4. The topological polar surface area (TPSA) is 67.8 Å². The number of esters is 1. The van der Waals surface area contributed by atoms with E-state index < -0.39 is 5.97 Å². The minimum absolute atomic E-state index is 0.0999. The van der Waals surface area contributed by atoms with Gasteiger partial charge in [-0.3, -0.25) is 4.79 Å². The first-order valence-electron chi connectivity index (χ1n) is 12.6. The number of nitrogens with zero attached hydrogens (tertiary/aromatic N) is 1. The van der Waals surface area contributed by atoms with Crippen LogP contribution in [0.3, 0.4) is 0 Å². The van der Waals surface area contributed by atoms with E-state index in [1.54, 1.807) is 30.3 Å². The van der Waals surface area contributed by atoms with E-state index in [0.29, 0.717) is 22.8 Å². The average Bonchev–Trinajstić information content (AvgIpc) is 2.82. The number of benzene rings is 2. The van der Waals surface area contributed by atoms with Crippen molar-refractivity contribution in [3.05, 3.63) is 63.6 Å². The van der Waals surface area contributed by atoms with Crippen LogP contribution in [0.25, 0.3) is 0 Å². The van der Waals surface area contributed by atoms with Crippen molar-refractivity contribution in [2.45, 2.75) is 84.0 Å². The predicted molar refractivity (Wildman–Crippen MR) is 145 cm³/mol. The summed E-state index contributed by atoms with van der Waals surface area (Å²) in [6.45, 7) is 2.24. The molecule has 0 aliphatic rings. The van der Waals surface area contributed by atoms with Gasteiger partial charge in [0, 0.05) is 11.4 Å². The molecule has 190 valence electrons. The van der Waals surface area contributed by atoms with Gasteiger partial charge in [-0.15, -0.1) is 0 Å². The van der Waals surface area contributed by atoms with Crippen LogP contribution in [0.15, 0.2) is 47.6 Å². The van der Waals surface area contributed by atoms with Crippen LogP contribution >= 0.6 is 23.2 Å². The van der Waals surface area contributed by atoms with E-state index in [4.69, 9.17) is 27.9 Å². The number of ether oxygens (including phenoxy) is 1. The number of halogens is 2. The fraction of sp³-hybridized carbons (Fsp3) is 0.464. The summed E-state index contributed by atoms with van der Waals surface area (Å²) in [4.78, 5) is 24.4. The summed E-state index contributed by atoms with van der Waals surface area (Å²) < 4.78 is 5.40. The van der Waals surface area contributed by atoms with Crippen LogP contribution in [-0.2, 0) is 4.79 Å². The van der Waals surface area contributed by atoms with Gasteiger partial charge in [0.15, 0.2) is 0 Å². The summed E-state index contributed by atoms with van der Waals surface area (Å²) in [6.07, 6.45) is 15.7. The molecule has 0 saturated carbocycles. The van der Waals surface area contributed by atoms with E-state index >= 15 is 0 Å². The lowest BCUT2D eigenvalue weighted by atomic mass is 10.1. The van der Waals surface area contributed by atoms with E-state index in [-0.39, 0.29) is 16.5 Å². The van der Waals surface area contributed by atoms with Gasteiger partial charge < -0.3 is 4.74 Å². The van der Waals surface area contributed by atoms with E-state index in [9.17, 15) is 9.59 Å². The SMILES string of the molecule is CCCCCCCCCCCCCC(=O)N/N=C/c1cccc(OC(=O)c2ccc(Cl)cc2Cl)c1. The first kappa shape index (κ1) is 28.9. The molecule has 1 N–H and O–H groups in total. The largest absolute Gasteiger partial charge is 0.423 e. The standard InChI is InChI=1S/C28H36Cl2N2O3/c1-2-3-4-5-6-7-8-9-10-11-12-16-27(33)32-31-21-22-14-13-15-24(19-22)35-28(34)25-18-17-23(29)20-26(25)30/h13-15,17-21H,2-12,16H2,1H3,(H,32,33)/b31-21+. The molecule has 0 spiro atoms. The number of nitrogens with one attached hydrogen (secondary N) is 1. The smallest absolute Gasteiger partial charge is 0.345 e. The molecule has 5 nitrogen and oxygen atoms in total. The Bertz CT molecular complexity index is 963. The molecule has 0 radical (unpaired) electrons. The van der Waals surface area contributed by atoms with E-state index in [1.165, 1.54) is 76.1 Å². The van der Waals surface area contributed by atoms with Crippen LogP contribution < -0.4 is 10.2 Å². The summed E-state index contributed by atoms with van der Waals surface area (Å²) >= 11 is 11.9. The van der Waals surface area contributed by atoms with Gasteiger partial charge in [0.1, 0.15) is 5.75 Å². The van der Waals surface area contributed by atoms with Gasteiger partial charge in [-0.25, -0.2) is 10.2 Å². The molecular weight excluding hydrogens is 483 g/mol. The number of carbonyl (C=O) groups excluding carboxylic acids is 2. The zero-order valence-electron chi connectivity index (χ0n) is 20.5. The van der Waals surface area contributed by atoms with E-state index in [0.717, 1.165) is 12.8 Å². The molecule has 0 heterocycles. The third-order valence-corrected chi connectivity index (χ3v) is 6.18. The van der Waals surface area contributed by atoms with Gasteiger partial charge in [0.05, 0.1) is 16.8 Å². The Hall–Kier alpha value is -2.37. The quantitative estimate of drug-likeness (QED) is 0.0797. The molecule has 0 bridgehead atoms. The molecule has 0 unspecified atom stereocenters. The van der Waals surface area contributed by atoms with E-state index in [2.05, 4.69) is 17.5 Å². The summed E-state index contributed by atoms with van der Waals surface area (Å²) in [5, 5.41) is 4.68. The van der Waals surface area contributed by atoms with Crippen LogP contribution in [0.2, 0.25) is 10.0 Å². The maximum atomic E-state index is 12.4. The van der Waals surface area contributed by atoms with Crippen molar-refractivity contribution in [3.8, 4) is 5.75 Å². The highest BCUT2D eigenvalue weighted by molar-refractivity contribution is 6.36. The van der Waals surface area contributed by atoms with E-state index in [1.807, 2.05) is 0 Å². The number of unbranched alkanes of at least 4 members (excludes halogenated alkanes) is 10. The molecule has 0 aliphatic carbocycles. The molecule has 1 amide bonds. The van der Waals surface area contributed by atoms with Crippen molar-refractivity contribution < 1.29 is 14.3 Å². The van der Waals surface area contributed by atoms with Crippen molar-refractivity contribution >= 4 is 41.3 Å². The molecule has 2 rings (SSSR count). The second-order valence-corrected chi connectivity index (χ2v) is 9.51. The molecule has 0 fully saturated rings. The van der Waals surface area contributed by atoms with Gasteiger partial charge in [-0.1, -0.05) is 106 Å². The Morgan fingerprint density at radius 1 is 0.886 bits per heavy atom. The molecule has 0 atom stereocenters. The minimum Gasteiger partial charge on any atom is -0.423 e. The molecule has 0 saturated heterocycles. The van der Waals surface area contributed by atoms with Gasteiger partial charge in [0.25, 0.3) is 0 Å². The van der Waals surface area contributed by atoms with Gasteiger partial charge in [-0.2, -0.15) is 5.10 Å². The molecule has 0 aromatic heterocycles. The van der Waals surface area contributed by atoms with Gasteiger partial charge in [-0.05, 0) is 42.3 Å². The van der Waals surface area contributed by atoms with Crippen LogP contribution in [0, 0.1) is 0 Å². The monoisotopic (exact) mass is 518 g/mol. The number of rotatable bonds is 16. The normalized spacial score (nSPS) is 11.1. The molecule has 7 heteroatoms. The second-order valence-electron chi connectivity index (χ2n) is 8.66. The highest BCUT2D eigenvalue weighted by Gasteiger charge is 2.13. The highest BCUT2D eigenvalue weighted by Crippen LogP contribution is 2.23.